The Bertz CT molecular complexity index is 834. The Balaban J connectivity index is 1.35. The molecule has 1 fully saturated rings. The van der Waals surface area contributed by atoms with Crippen LogP contribution in [-0.4, -0.2) is 39.8 Å². The predicted molar refractivity (Wildman–Crippen MR) is 101 cm³/mol. The smallest absolute Gasteiger partial charge is 0.208 e. The standard InChI is InChI=1S/C18H20N6S/c1-13-5-4-7-16(21-13)20-11-14-8-10-24(12-14)18-23-22-17(25-18)15-6-2-3-9-19-15/h2-7,9,14H,8,10-12H2,1H3,(H,20,21). The van der Waals surface area contributed by atoms with E-state index in [2.05, 4.69) is 30.4 Å². The van der Waals surface area contributed by atoms with Gasteiger partial charge in [-0.15, -0.1) is 10.2 Å². The van der Waals surface area contributed by atoms with Crippen molar-refractivity contribution in [2.45, 2.75) is 13.3 Å². The summed E-state index contributed by atoms with van der Waals surface area (Å²) in [5.74, 6) is 1.54. The second kappa shape index (κ2) is 7.14. The second-order valence-electron chi connectivity index (χ2n) is 6.25. The Labute approximate surface area is 151 Å². The molecule has 1 aliphatic rings. The van der Waals surface area contributed by atoms with Crippen LogP contribution in [0.4, 0.5) is 10.9 Å². The molecule has 1 N–H and O–H groups in total. The van der Waals surface area contributed by atoms with E-state index in [0.717, 1.165) is 53.4 Å². The molecular weight excluding hydrogens is 332 g/mol. The van der Waals surface area contributed by atoms with Crippen LogP contribution in [0, 0.1) is 12.8 Å². The van der Waals surface area contributed by atoms with Crippen molar-refractivity contribution in [3.8, 4) is 10.7 Å². The van der Waals surface area contributed by atoms with Crippen molar-refractivity contribution in [3.05, 3.63) is 48.3 Å². The van der Waals surface area contributed by atoms with Crippen molar-refractivity contribution in [2.24, 2.45) is 5.92 Å². The van der Waals surface area contributed by atoms with Crippen LogP contribution in [-0.2, 0) is 0 Å². The first kappa shape index (κ1) is 16.0. The number of hydrogen-bond donors (Lipinski definition) is 1. The number of nitrogens with one attached hydrogen (secondary N) is 1. The molecule has 3 aromatic rings. The van der Waals surface area contributed by atoms with Crippen molar-refractivity contribution in [1.29, 1.82) is 0 Å². The molecule has 4 heterocycles. The summed E-state index contributed by atoms with van der Waals surface area (Å²) in [6.45, 7) is 4.95. The van der Waals surface area contributed by atoms with Gasteiger partial charge in [0.25, 0.3) is 0 Å². The normalized spacial score (nSPS) is 17.0. The zero-order chi connectivity index (χ0) is 17.1. The molecule has 4 rings (SSSR count). The van der Waals surface area contributed by atoms with Gasteiger partial charge in [0, 0.05) is 31.5 Å². The largest absolute Gasteiger partial charge is 0.370 e. The Morgan fingerprint density at radius 3 is 3.00 bits per heavy atom. The van der Waals surface area contributed by atoms with Crippen LogP contribution in [0.1, 0.15) is 12.1 Å². The molecule has 0 aliphatic carbocycles. The van der Waals surface area contributed by atoms with Gasteiger partial charge in [-0.3, -0.25) is 4.98 Å². The van der Waals surface area contributed by atoms with Gasteiger partial charge in [-0.2, -0.15) is 0 Å². The molecule has 0 spiro atoms. The van der Waals surface area contributed by atoms with Crippen LogP contribution in [0.5, 0.6) is 0 Å². The first-order chi connectivity index (χ1) is 12.3. The average Bonchev–Trinajstić information content (AvgIpc) is 3.30. The summed E-state index contributed by atoms with van der Waals surface area (Å²) >= 11 is 1.61. The van der Waals surface area contributed by atoms with Crippen molar-refractivity contribution < 1.29 is 0 Å². The lowest BCUT2D eigenvalue weighted by Crippen LogP contribution is -2.22. The second-order valence-corrected chi connectivity index (χ2v) is 7.21. The number of nitrogens with zero attached hydrogens (tertiary/aromatic N) is 5. The monoisotopic (exact) mass is 352 g/mol. The lowest BCUT2D eigenvalue weighted by Gasteiger charge is -2.15. The van der Waals surface area contributed by atoms with Gasteiger partial charge in [0.1, 0.15) is 11.5 Å². The molecule has 3 aromatic heterocycles. The third-order valence-corrected chi connectivity index (χ3v) is 5.32. The molecule has 1 unspecified atom stereocenters. The molecule has 1 atom stereocenters. The zero-order valence-electron chi connectivity index (χ0n) is 14.1. The molecule has 0 bridgehead atoms. The fourth-order valence-electron chi connectivity index (χ4n) is 3.00. The fourth-order valence-corrected chi connectivity index (χ4v) is 3.86. The number of hydrogen-bond acceptors (Lipinski definition) is 7. The van der Waals surface area contributed by atoms with Gasteiger partial charge in [0.2, 0.25) is 5.13 Å². The number of aryl methyl sites for hydroxylation is 1. The highest BCUT2D eigenvalue weighted by Gasteiger charge is 2.25. The molecule has 25 heavy (non-hydrogen) atoms. The van der Waals surface area contributed by atoms with Crippen LogP contribution in [0.15, 0.2) is 42.6 Å². The van der Waals surface area contributed by atoms with Crippen LogP contribution >= 0.6 is 11.3 Å². The number of pyridine rings is 2. The lowest BCUT2D eigenvalue weighted by atomic mass is 10.1. The highest BCUT2D eigenvalue weighted by molar-refractivity contribution is 7.18. The molecule has 128 valence electrons. The van der Waals surface area contributed by atoms with Crippen LogP contribution in [0.25, 0.3) is 10.7 Å². The van der Waals surface area contributed by atoms with Crippen LogP contribution in [0.2, 0.25) is 0 Å². The Morgan fingerprint density at radius 2 is 2.16 bits per heavy atom. The van der Waals surface area contributed by atoms with Gasteiger partial charge in [-0.05, 0) is 43.5 Å². The Morgan fingerprint density at radius 1 is 1.20 bits per heavy atom. The molecule has 0 radical (unpaired) electrons. The maximum absolute atomic E-state index is 4.50. The zero-order valence-corrected chi connectivity index (χ0v) is 14.9. The summed E-state index contributed by atoms with van der Waals surface area (Å²) < 4.78 is 0. The average molecular weight is 352 g/mol. The van der Waals surface area contributed by atoms with E-state index in [1.807, 2.05) is 43.3 Å². The molecule has 1 aliphatic heterocycles. The van der Waals surface area contributed by atoms with Crippen molar-refractivity contribution in [3.63, 3.8) is 0 Å². The molecule has 0 saturated carbocycles. The summed E-state index contributed by atoms with van der Waals surface area (Å²) in [6, 6.07) is 11.9. The van der Waals surface area contributed by atoms with Gasteiger partial charge in [-0.1, -0.05) is 23.5 Å². The Kier molecular flexibility index (Phi) is 4.56. The van der Waals surface area contributed by atoms with E-state index < -0.39 is 0 Å². The third-order valence-electron chi connectivity index (χ3n) is 4.31. The van der Waals surface area contributed by atoms with Crippen molar-refractivity contribution >= 4 is 22.3 Å². The van der Waals surface area contributed by atoms with E-state index in [9.17, 15) is 0 Å². The SMILES string of the molecule is Cc1cccc(NCC2CCN(c3nnc(-c4ccccn4)s3)C2)n1. The predicted octanol–water partition coefficient (Wildman–Crippen LogP) is 3.24. The minimum absolute atomic E-state index is 0.588. The summed E-state index contributed by atoms with van der Waals surface area (Å²) in [7, 11) is 0. The van der Waals surface area contributed by atoms with E-state index >= 15 is 0 Å². The highest BCUT2D eigenvalue weighted by atomic mass is 32.1. The minimum Gasteiger partial charge on any atom is -0.370 e. The topological polar surface area (TPSA) is 66.8 Å². The first-order valence-corrected chi connectivity index (χ1v) is 9.27. The minimum atomic E-state index is 0.588. The summed E-state index contributed by atoms with van der Waals surface area (Å²) in [4.78, 5) is 11.2. The molecule has 6 nitrogen and oxygen atoms in total. The highest BCUT2D eigenvalue weighted by Crippen LogP contribution is 2.30. The maximum Gasteiger partial charge on any atom is 0.208 e. The summed E-state index contributed by atoms with van der Waals surface area (Å²) in [6.07, 6.45) is 2.94. The maximum atomic E-state index is 4.50. The number of aromatic nitrogens is 4. The van der Waals surface area contributed by atoms with Crippen molar-refractivity contribution in [2.75, 3.05) is 29.9 Å². The third kappa shape index (κ3) is 3.76. The van der Waals surface area contributed by atoms with E-state index in [0.29, 0.717) is 5.92 Å². The van der Waals surface area contributed by atoms with Crippen molar-refractivity contribution in [1.82, 2.24) is 20.2 Å². The molecule has 7 heteroatoms. The fraction of sp³-hybridized carbons (Fsp3) is 0.333. The first-order valence-electron chi connectivity index (χ1n) is 8.45. The number of anilines is 2. The van der Waals surface area contributed by atoms with Gasteiger partial charge >= 0.3 is 0 Å². The summed E-state index contributed by atoms with van der Waals surface area (Å²) in [5.41, 5.74) is 1.92. The molecule has 0 aromatic carbocycles. The van der Waals surface area contributed by atoms with Crippen LogP contribution < -0.4 is 10.2 Å². The van der Waals surface area contributed by atoms with E-state index in [1.165, 1.54) is 0 Å². The van der Waals surface area contributed by atoms with E-state index in [-0.39, 0.29) is 0 Å². The van der Waals surface area contributed by atoms with Gasteiger partial charge in [0.15, 0.2) is 5.01 Å². The summed E-state index contributed by atoms with van der Waals surface area (Å²) in [5, 5.41) is 14.0. The number of rotatable bonds is 5. The Hall–Kier alpha value is -2.54. The van der Waals surface area contributed by atoms with Gasteiger partial charge in [-0.25, -0.2) is 4.98 Å². The van der Waals surface area contributed by atoms with Gasteiger partial charge in [0.05, 0.1) is 0 Å². The molecule has 0 amide bonds. The van der Waals surface area contributed by atoms with E-state index in [1.54, 1.807) is 17.5 Å². The van der Waals surface area contributed by atoms with E-state index in [4.69, 9.17) is 0 Å². The lowest BCUT2D eigenvalue weighted by molar-refractivity contribution is 0.621. The van der Waals surface area contributed by atoms with Gasteiger partial charge < -0.3 is 10.2 Å². The quantitative estimate of drug-likeness (QED) is 0.760. The molecule has 1 saturated heterocycles. The van der Waals surface area contributed by atoms with Crippen LogP contribution in [0.3, 0.4) is 0 Å². The molecular formula is C18H20N6S.